The van der Waals surface area contributed by atoms with Gasteiger partial charge in [0.15, 0.2) is 17.5 Å². The number of nitrogens with zero attached hydrogens (tertiary/aromatic N) is 1. The van der Waals surface area contributed by atoms with Crippen LogP contribution in [0.2, 0.25) is 0 Å². The third-order valence-corrected chi connectivity index (χ3v) is 3.80. The van der Waals surface area contributed by atoms with Crippen molar-refractivity contribution >= 4 is 21.5 Å². The number of aromatic nitrogens is 1. The van der Waals surface area contributed by atoms with Crippen LogP contribution in [0.3, 0.4) is 0 Å². The number of benzene rings is 1. The molecule has 4 N–H and O–H groups in total. The van der Waals surface area contributed by atoms with Crippen LogP contribution in [0.4, 0.5) is 24.7 Å². The number of nitrogens with one attached hydrogen (secondary N) is 2. The van der Waals surface area contributed by atoms with Crippen molar-refractivity contribution in [2.24, 2.45) is 5.84 Å². The summed E-state index contributed by atoms with van der Waals surface area (Å²) < 4.78 is 64.9. The van der Waals surface area contributed by atoms with Gasteiger partial charge in [-0.05, 0) is 6.07 Å². The zero-order chi connectivity index (χ0) is 15.6. The maximum Gasteiger partial charge on any atom is 0.262 e. The number of rotatable bonds is 4. The largest absolute Gasteiger partial charge is 0.308 e. The predicted octanol–water partition coefficient (Wildman–Crippen LogP) is 1.59. The molecule has 0 atom stereocenters. The molecule has 0 radical (unpaired) electrons. The average molecular weight is 318 g/mol. The minimum Gasteiger partial charge on any atom is -0.308 e. The summed E-state index contributed by atoms with van der Waals surface area (Å²) in [6.45, 7) is 0. The molecular weight excluding hydrogens is 309 g/mol. The summed E-state index contributed by atoms with van der Waals surface area (Å²) in [5.74, 6) is 0.481. The molecule has 0 aliphatic heterocycles. The lowest BCUT2D eigenvalue weighted by molar-refractivity contribution is 0.448. The minimum absolute atomic E-state index is 0.0781. The molecule has 0 aliphatic rings. The SMILES string of the molecule is NNc1cc(S(=O)(=O)Nc2cc(F)c(F)c(F)c2)ccn1. The first-order valence-electron chi connectivity index (χ1n) is 5.43. The van der Waals surface area contributed by atoms with E-state index in [2.05, 4.69) is 10.4 Å². The fourth-order valence-electron chi connectivity index (χ4n) is 1.49. The van der Waals surface area contributed by atoms with E-state index in [0.717, 1.165) is 12.1 Å². The second-order valence-electron chi connectivity index (χ2n) is 3.88. The van der Waals surface area contributed by atoms with Crippen molar-refractivity contribution in [3.05, 3.63) is 47.9 Å². The number of hydrogen-bond donors (Lipinski definition) is 3. The summed E-state index contributed by atoms with van der Waals surface area (Å²) in [6, 6.07) is 3.32. The molecule has 1 heterocycles. The summed E-state index contributed by atoms with van der Waals surface area (Å²) in [6.07, 6.45) is 1.18. The zero-order valence-electron chi connectivity index (χ0n) is 10.3. The van der Waals surface area contributed by atoms with Crippen LogP contribution < -0.4 is 16.0 Å². The van der Waals surface area contributed by atoms with E-state index in [1.54, 1.807) is 0 Å². The second kappa shape index (κ2) is 5.58. The number of hydrazine groups is 1. The van der Waals surface area contributed by atoms with Crippen LogP contribution >= 0.6 is 0 Å². The molecule has 112 valence electrons. The Hall–Kier alpha value is -2.33. The van der Waals surface area contributed by atoms with Crippen molar-refractivity contribution < 1.29 is 21.6 Å². The number of pyridine rings is 1. The topological polar surface area (TPSA) is 97.1 Å². The molecule has 2 rings (SSSR count). The normalized spacial score (nSPS) is 11.2. The molecule has 21 heavy (non-hydrogen) atoms. The average Bonchev–Trinajstić information content (AvgIpc) is 2.44. The van der Waals surface area contributed by atoms with Gasteiger partial charge in [0, 0.05) is 24.4 Å². The van der Waals surface area contributed by atoms with Crippen LogP contribution in [0, 0.1) is 17.5 Å². The maximum atomic E-state index is 13.1. The summed E-state index contributed by atoms with van der Waals surface area (Å²) in [5, 5.41) is 0. The van der Waals surface area contributed by atoms with Gasteiger partial charge in [0.05, 0.1) is 10.6 Å². The third-order valence-electron chi connectivity index (χ3n) is 2.43. The Labute approximate surface area is 117 Å². The number of nitrogens with two attached hydrogens (primary N) is 1. The van der Waals surface area contributed by atoms with Crippen molar-refractivity contribution in [2.45, 2.75) is 4.90 Å². The van der Waals surface area contributed by atoms with Crippen LogP contribution in [-0.4, -0.2) is 13.4 Å². The van der Waals surface area contributed by atoms with E-state index in [0.29, 0.717) is 12.1 Å². The maximum absolute atomic E-state index is 13.1. The first-order chi connectivity index (χ1) is 9.83. The number of anilines is 2. The fraction of sp³-hybridized carbons (Fsp3) is 0. The first-order valence-corrected chi connectivity index (χ1v) is 6.92. The summed E-state index contributed by atoms with van der Waals surface area (Å²) in [7, 11) is -4.13. The van der Waals surface area contributed by atoms with Crippen LogP contribution in [0.5, 0.6) is 0 Å². The monoisotopic (exact) mass is 318 g/mol. The van der Waals surface area contributed by atoms with Crippen molar-refractivity contribution in [1.82, 2.24) is 4.98 Å². The lowest BCUT2D eigenvalue weighted by atomic mass is 10.3. The molecule has 0 saturated heterocycles. The third kappa shape index (κ3) is 3.23. The number of halogens is 3. The van der Waals surface area contributed by atoms with E-state index >= 15 is 0 Å². The van der Waals surface area contributed by atoms with Gasteiger partial charge in [0.2, 0.25) is 0 Å². The van der Waals surface area contributed by atoms with Gasteiger partial charge in [0.1, 0.15) is 5.82 Å². The van der Waals surface area contributed by atoms with E-state index in [-0.39, 0.29) is 10.7 Å². The Balaban J connectivity index is 2.37. The van der Waals surface area contributed by atoms with Gasteiger partial charge in [-0.3, -0.25) is 4.72 Å². The lowest BCUT2D eigenvalue weighted by Crippen LogP contribution is -2.15. The van der Waals surface area contributed by atoms with E-state index in [9.17, 15) is 21.6 Å². The van der Waals surface area contributed by atoms with Crippen molar-refractivity contribution in [2.75, 3.05) is 10.1 Å². The van der Waals surface area contributed by atoms with Crippen molar-refractivity contribution in [3.8, 4) is 0 Å². The molecule has 0 spiro atoms. The molecule has 1 aromatic heterocycles. The summed E-state index contributed by atoms with van der Waals surface area (Å²) >= 11 is 0. The molecule has 10 heteroatoms. The molecule has 0 saturated carbocycles. The number of nitrogen functional groups attached to an aromatic ring is 1. The van der Waals surface area contributed by atoms with Crippen molar-refractivity contribution in [1.29, 1.82) is 0 Å². The molecule has 2 aromatic rings. The Bertz CT molecular complexity index is 760. The van der Waals surface area contributed by atoms with Gasteiger partial charge in [0.25, 0.3) is 10.0 Å². The highest BCUT2D eigenvalue weighted by Gasteiger charge is 2.18. The Morgan fingerprint density at radius 1 is 1.10 bits per heavy atom. The van der Waals surface area contributed by atoms with E-state index in [1.807, 2.05) is 4.72 Å². The van der Waals surface area contributed by atoms with Crippen LogP contribution in [-0.2, 0) is 10.0 Å². The molecule has 0 bridgehead atoms. The summed E-state index contributed by atoms with van der Waals surface area (Å²) in [5.41, 5.74) is 1.70. The molecule has 6 nitrogen and oxygen atoms in total. The quantitative estimate of drug-likeness (QED) is 0.452. The molecular formula is C11H9F3N4O2S. The fourth-order valence-corrected chi connectivity index (χ4v) is 2.54. The van der Waals surface area contributed by atoms with Gasteiger partial charge in [-0.25, -0.2) is 32.4 Å². The van der Waals surface area contributed by atoms with E-state index in [1.165, 1.54) is 6.20 Å². The number of sulfonamides is 1. The van der Waals surface area contributed by atoms with Crippen molar-refractivity contribution in [3.63, 3.8) is 0 Å². The molecule has 0 unspecified atom stereocenters. The van der Waals surface area contributed by atoms with Gasteiger partial charge >= 0.3 is 0 Å². The van der Waals surface area contributed by atoms with Gasteiger partial charge in [-0.15, -0.1) is 0 Å². The molecule has 1 aromatic carbocycles. The van der Waals surface area contributed by atoms with Crippen LogP contribution in [0.25, 0.3) is 0 Å². The van der Waals surface area contributed by atoms with E-state index in [4.69, 9.17) is 5.84 Å². The van der Waals surface area contributed by atoms with Gasteiger partial charge in [-0.2, -0.15) is 0 Å². The predicted molar refractivity (Wildman–Crippen MR) is 69.2 cm³/mol. The van der Waals surface area contributed by atoms with Gasteiger partial charge < -0.3 is 5.43 Å². The highest BCUT2D eigenvalue weighted by atomic mass is 32.2. The van der Waals surface area contributed by atoms with Crippen LogP contribution in [0.15, 0.2) is 35.4 Å². The minimum atomic E-state index is -4.13. The smallest absolute Gasteiger partial charge is 0.262 e. The number of hydrogen-bond acceptors (Lipinski definition) is 5. The Kier molecular flexibility index (Phi) is 4.00. The second-order valence-corrected chi connectivity index (χ2v) is 5.56. The Morgan fingerprint density at radius 2 is 1.71 bits per heavy atom. The highest BCUT2D eigenvalue weighted by molar-refractivity contribution is 7.92. The highest BCUT2D eigenvalue weighted by Crippen LogP contribution is 2.21. The molecule has 0 aliphatic carbocycles. The Morgan fingerprint density at radius 3 is 2.29 bits per heavy atom. The zero-order valence-corrected chi connectivity index (χ0v) is 11.1. The molecule has 0 amide bonds. The first kappa shape index (κ1) is 15.1. The van der Waals surface area contributed by atoms with E-state index < -0.39 is 33.2 Å². The van der Waals surface area contributed by atoms with Crippen LogP contribution in [0.1, 0.15) is 0 Å². The lowest BCUT2D eigenvalue weighted by Gasteiger charge is -2.09. The molecule has 0 fully saturated rings. The summed E-state index contributed by atoms with van der Waals surface area (Å²) in [4.78, 5) is 3.48. The standard InChI is InChI=1S/C11H9F3N4O2S/c12-8-3-6(4-9(13)11(8)14)18-21(19,20)7-1-2-16-10(5-7)17-15/h1-5,18H,15H2,(H,16,17). The van der Waals surface area contributed by atoms with Gasteiger partial charge in [-0.1, -0.05) is 0 Å².